The lowest BCUT2D eigenvalue weighted by Gasteiger charge is -2.19. The number of H-pyrrole nitrogens is 1. The second kappa shape index (κ2) is 4.85. The Hall–Kier alpha value is -0.870. The topological polar surface area (TPSA) is 123 Å². The van der Waals surface area contributed by atoms with Crippen LogP contribution in [0.15, 0.2) is 17.1 Å². The van der Waals surface area contributed by atoms with Gasteiger partial charge in [-0.1, -0.05) is 0 Å². The average Bonchev–Trinajstić information content (AvgIpc) is 2.83. The van der Waals surface area contributed by atoms with Crippen LogP contribution in [0.5, 0.6) is 0 Å². The Morgan fingerprint density at radius 2 is 2.15 bits per heavy atom. The fourth-order valence-corrected chi connectivity index (χ4v) is 3.69. The van der Waals surface area contributed by atoms with Crippen molar-refractivity contribution in [2.24, 2.45) is 0 Å². The zero-order chi connectivity index (χ0) is 14.5. The van der Waals surface area contributed by atoms with Gasteiger partial charge in [-0.15, -0.1) is 0 Å². The third-order valence-corrected chi connectivity index (χ3v) is 4.43. The molecule has 0 aliphatic carbocycles. The van der Waals surface area contributed by atoms with Gasteiger partial charge < -0.3 is 14.7 Å². The summed E-state index contributed by atoms with van der Waals surface area (Å²) in [4.78, 5) is 22.9. The van der Waals surface area contributed by atoms with E-state index in [0.29, 0.717) is 0 Å². The van der Waals surface area contributed by atoms with E-state index in [0.717, 1.165) is 0 Å². The summed E-state index contributed by atoms with van der Waals surface area (Å²) in [6.45, 7) is -0.405. The van der Waals surface area contributed by atoms with E-state index in [1.807, 2.05) is 0 Å². The van der Waals surface area contributed by atoms with Crippen LogP contribution in [0.25, 0.3) is 0 Å². The van der Waals surface area contributed by atoms with Crippen LogP contribution in [-0.2, 0) is 18.3 Å². The van der Waals surface area contributed by atoms with Gasteiger partial charge in [-0.05, 0) is 12.2 Å². The fourth-order valence-electron chi connectivity index (χ4n) is 2.28. The predicted molar refractivity (Wildman–Crippen MR) is 66.5 cm³/mol. The van der Waals surface area contributed by atoms with Crippen molar-refractivity contribution in [1.82, 2.24) is 9.55 Å². The molecule has 1 unspecified atom stereocenters. The molecule has 0 aromatic carbocycles. The summed E-state index contributed by atoms with van der Waals surface area (Å²) in [7, 11) is -4.16. The Bertz CT molecular complexity index is 687. The molecule has 2 aliphatic rings. The van der Waals surface area contributed by atoms with Gasteiger partial charge in [0.05, 0.1) is 6.61 Å². The first-order valence-electron chi connectivity index (χ1n) is 5.69. The number of aliphatic hydroxyl groups excluding tert-OH is 1. The van der Waals surface area contributed by atoms with Crippen molar-refractivity contribution in [2.75, 3.05) is 6.61 Å². The molecule has 2 aliphatic heterocycles. The van der Waals surface area contributed by atoms with Gasteiger partial charge in [-0.25, -0.2) is 4.57 Å². The quantitative estimate of drug-likeness (QED) is 0.500. The van der Waals surface area contributed by atoms with Crippen molar-refractivity contribution >= 4 is 20.0 Å². The van der Waals surface area contributed by atoms with Crippen LogP contribution in [0.1, 0.15) is 6.23 Å². The first-order chi connectivity index (χ1) is 9.41. The van der Waals surface area contributed by atoms with E-state index in [2.05, 4.69) is 4.98 Å². The van der Waals surface area contributed by atoms with E-state index in [9.17, 15) is 19.4 Å². The SMILES string of the molecule is O=c1ccn([C@@H]2O[C@H](CO)[C@H]3OP(=O)(O)O[C@H]32)c(=S)[nH]1. The Kier molecular flexibility index (Phi) is 3.41. The number of aliphatic hydroxyl groups is 1. The van der Waals surface area contributed by atoms with E-state index >= 15 is 0 Å². The zero-order valence-electron chi connectivity index (χ0n) is 9.91. The summed E-state index contributed by atoms with van der Waals surface area (Å²) in [6.07, 6.45) is -2.09. The molecule has 0 radical (unpaired) electrons. The van der Waals surface area contributed by atoms with Crippen LogP contribution >= 0.6 is 20.0 Å². The van der Waals surface area contributed by atoms with Gasteiger partial charge in [-0.3, -0.25) is 23.4 Å². The molecule has 3 rings (SSSR count). The highest BCUT2D eigenvalue weighted by Crippen LogP contribution is 2.58. The molecule has 2 saturated heterocycles. The molecule has 0 spiro atoms. The lowest BCUT2D eigenvalue weighted by Crippen LogP contribution is -2.31. The molecular weight excluding hydrogens is 311 g/mol. The van der Waals surface area contributed by atoms with Crippen LogP contribution in [0.4, 0.5) is 0 Å². The highest BCUT2D eigenvalue weighted by molar-refractivity contribution is 7.71. The third-order valence-electron chi connectivity index (χ3n) is 3.10. The van der Waals surface area contributed by atoms with Crippen molar-refractivity contribution in [1.29, 1.82) is 0 Å². The Balaban J connectivity index is 2.00. The van der Waals surface area contributed by atoms with Gasteiger partial charge in [0.15, 0.2) is 11.0 Å². The molecule has 3 heterocycles. The minimum absolute atomic E-state index is 0.0723. The van der Waals surface area contributed by atoms with Crippen LogP contribution in [0.3, 0.4) is 0 Å². The van der Waals surface area contributed by atoms with Crippen molar-refractivity contribution in [3.8, 4) is 0 Å². The summed E-state index contributed by atoms with van der Waals surface area (Å²) < 4.78 is 28.3. The lowest BCUT2D eigenvalue weighted by molar-refractivity contribution is -0.0616. The van der Waals surface area contributed by atoms with E-state index in [4.69, 9.17) is 26.0 Å². The van der Waals surface area contributed by atoms with Gasteiger partial charge in [0, 0.05) is 12.3 Å². The lowest BCUT2D eigenvalue weighted by atomic mass is 10.1. The summed E-state index contributed by atoms with van der Waals surface area (Å²) in [6, 6.07) is 1.23. The molecule has 9 nitrogen and oxygen atoms in total. The smallest absolute Gasteiger partial charge is 0.394 e. The van der Waals surface area contributed by atoms with E-state index in [1.54, 1.807) is 0 Å². The van der Waals surface area contributed by atoms with Crippen LogP contribution in [-0.4, -0.2) is 44.5 Å². The summed E-state index contributed by atoms with van der Waals surface area (Å²) in [5.41, 5.74) is -0.379. The molecule has 20 heavy (non-hydrogen) atoms. The number of hydrogen-bond donors (Lipinski definition) is 3. The normalized spacial score (nSPS) is 39.9. The van der Waals surface area contributed by atoms with Crippen molar-refractivity contribution in [2.45, 2.75) is 24.5 Å². The number of rotatable bonds is 2. The Labute approximate surface area is 117 Å². The molecule has 2 fully saturated rings. The van der Waals surface area contributed by atoms with E-state index in [-0.39, 0.29) is 10.3 Å². The maximum Gasteiger partial charge on any atom is 0.473 e. The molecule has 3 N–H and O–H groups in total. The zero-order valence-corrected chi connectivity index (χ0v) is 11.6. The Morgan fingerprint density at radius 3 is 2.80 bits per heavy atom. The largest absolute Gasteiger partial charge is 0.473 e. The van der Waals surface area contributed by atoms with Crippen molar-refractivity contribution < 1.29 is 28.3 Å². The number of nitrogens with one attached hydrogen (secondary N) is 1. The van der Waals surface area contributed by atoms with Gasteiger partial charge in [0.25, 0.3) is 5.56 Å². The fraction of sp³-hybridized carbons (Fsp3) is 0.556. The predicted octanol–water partition coefficient (Wildman–Crippen LogP) is -0.320. The van der Waals surface area contributed by atoms with Crippen LogP contribution in [0, 0.1) is 4.77 Å². The molecule has 5 atom stereocenters. The molecule has 0 saturated carbocycles. The Morgan fingerprint density at radius 1 is 1.45 bits per heavy atom. The summed E-state index contributed by atoms with van der Waals surface area (Å²) >= 11 is 5.01. The highest BCUT2D eigenvalue weighted by Gasteiger charge is 2.57. The maximum absolute atomic E-state index is 11.5. The van der Waals surface area contributed by atoms with Gasteiger partial charge in [0.1, 0.15) is 18.3 Å². The van der Waals surface area contributed by atoms with Crippen LogP contribution < -0.4 is 5.56 Å². The number of aromatic nitrogens is 2. The second-order valence-electron chi connectivity index (χ2n) is 4.37. The molecule has 110 valence electrons. The maximum atomic E-state index is 11.5. The third kappa shape index (κ3) is 2.29. The highest BCUT2D eigenvalue weighted by atomic mass is 32.1. The molecule has 1 aromatic rings. The number of aromatic amines is 1. The number of ether oxygens (including phenoxy) is 1. The molecule has 0 bridgehead atoms. The first-order valence-corrected chi connectivity index (χ1v) is 7.59. The number of fused-ring (bicyclic) bond motifs is 1. The first kappa shape index (κ1) is 14.1. The number of nitrogens with zero attached hydrogens (tertiary/aromatic N) is 1. The van der Waals surface area contributed by atoms with E-state index in [1.165, 1.54) is 16.8 Å². The van der Waals surface area contributed by atoms with Crippen LogP contribution in [0.2, 0.25) is 0 Å². The van der Waals surface area contributed by atoms with Crippen molar-refractivity contribution in [3.05, 3.63) is 27.4 Å². The minimum Gasteiger partial charge on any atom is -0.394 e. The van der Waals surface area contributed by atoms with Crippen molar-refractivity contribution in [3.63, 3.8) is 0 Å². The monoisotopic (exact) mass is 322 g/mol. The molecule has 0 amide bonds. The van der Waals surface area contributed by atoms with E-state index < -0.39 is 39.0 Å². The standard InChI is InChI=1S/C9H11N2O7PS/c12-3-4-6-7(18-19(14,15)17-6)8(16-4)11-2-1-5(13)10-9(11)20/h1-2,4,6-8,12H,3H2,(H,14,15)(H,10,13,20)/t4-,6-,7-,8-/m1/s1. The van der Waals surface area contributed by atoms with Gasteiger partial charge >= 0.3 is 7.82 Å². The molecular formula is C9H11N2O7PS. The number of hydrogen-bond acceptors (Lipinski definition) is 7. The van der Waals surface area contributed by atoms with Gasteiger partial charge in [0.2, 0.25) is 0 Å². The van der Waals surface area contributed by atoms with Gasteiger partial charge in [-0.2, -0.15) is 0 Å². The molecule has 11 heteroatoms. The number of phosphoric acid groups is 1. The average molecular weight is 322 g/mol. The number of phosphoric ester groups is 1. The second-order valence-corrected chi connectivity index (χ2v) is 6.12. The minimum atomic E-state index is -4.16. The molecule has 1 aromatic heterocycles. The summed E-state index contributed by atoms with van der Waals surface area (Å²) in [5, 5.41) is 9.24. The summed E-state index contributed by atoms with van der Waals surface area (Å²) in [5.74, 6) is 0.